The number of rotatable bonds is 2. The SMILES string of the molecule is C#CC1CC(=O)N(c2cc(-c3ccccc3Cl)no2)C1. The molecule has 1 atom stereocenters. The molecular weight excluding hydrogens is 276 g/mol. The highest BCUT2D eigenvalue weighted by molar-refractivity contribution is 6.33. The number of halogens is 1. The van der Waals surface area contributed by atoms with Crippen molar-refractivity contribution in [3.8, 4) is 23.6 Å². The Labute approximate surface area is 121 Å². The lowest BCUT2D eigenvalue weighted by Crippen LogP contribution is -2.23. The van der Waals surface area contributed by atoms with Gasteiger partial charge in [-0.25, -0.2) is 0 Å². The molecule has 2 heterocycles. The van der Waals surface area contributed by atoms with Crippen LogP contribution in [-0.2, 0) is 4.79 Å². The third-order valence-electron chi connectivity index (χ3n) is 3.27. The number of nitrogens with zero attached hydrogens (tertiary/aromatic N) is 2. The second-order valence-corrected chi connectivity index (χ2v) is 5.01. The Morgan fingerprint density at radius 1 is 1.45 bits per heavy atom. The highest BCUT2D eigenvalue weighted by atomic mass is 35.5. The van der Waals surface area contributed by atoms with Crippen LogP contribution in [-0.4, -0.2) is 17.6 Å². The average Bonchev–Trinajstić information content (AvgIpc) is 3.05. The minimum atomic E-state index is -0.0728. The molecule has 0 radical (unpaired) electrons. The highest BCUT2D eigenvalue weighted by Gasteiger charge is 2.31. The summed E-state index contributed by atoms with van der Waals surface area (Å²) in [5.41, 5.74) is 1.37. The lowest BCUT2D eigenvalue weighted by atomic mass is 10.1. The predicted octanol–water partition coefficient (Wildman–Crippen LogP) is 2.98. The molecule has 1 aliphatic rings. The molecule has 0 bridgehead atoms. The minimum absolute atomic E-state index is 0.0465. The Morgan fingerprint density at radius 3 is 2.95 bits per heavy atom. The molecule has 0 saturated carbocycles. The molecule has 100 valence electrons. The number of anilines is 1. The summed E-state index contributed by atoms with van der Waals surface area (Å²) in [5, 5.41) is 4.56. The van der Waals surface area contributed by atoms with Crippen LogP contribution in [0.1, 0.15) is 6.42 Å². The second kappa shape index (κ2) is 5.03. The van der Waals surface area contributed by atoms with Gasteiger partial charge < -0.3 is 4.52 Å². The molecule has 20 heavy (non-hydrogen) atoms. The van der Waals surface area contributed by atoms with E-state index < -0.39 is 0 Å². The number of amides is 1. The molecule has 1 aromatic carbocycles. The van der Waals surface area contributed by atoms with Crippen molar-refractivity contribution in [1.29, 1.82) is 0 Å². The van der Waals surface area contributed by atoms with Gasteiger partial charge in [-0.15, -0.1) is 12.3 Å². The maximum absolute atomic E-state index is 11.9. The van der Waals surface area contributed by atoms with Crippen molar-refractivity contribution < 1.29 is 9.32 Å². The Kier molecular flexibility index (Phi) is 3.21. The van der Waals surface area contributed by atoms with E-state index in [0.29, 0.717) is 29.6 Å². The molecule has 4 nitrogen and oxygen atoms in total. The highest BCUT2D eigenvalue weighted by Crippen LogP contribution is 2.31. The number of benzene rings is 1. The van der Waals surface area contributed by atoms with Crippen molar-refractivity contribution in [2.75, 3.05) is 11.4 Å². The third kappa shape index (κ3) is 2.17. The topological polar surface area (TPSA) is 46.3 Å². The monoisotopic (exact) mass is 286 g/mol. The van der Waals surface area contributed by atoms with E-state index in [-0.39, 0.29) is 11.8 Å². The van der Waals surface area contributed by atoms with E-state index in [0.717, 1.165) is 5.56 Å². The van der Waals surface area contributed by atoms with Gasteiger partial charge in [0.15, 0.2) is 0 Å². The smallest absolute Gasteiger partial charge is 0.234 e. The summed E-state index contributed by atoms with van der Waals surface area (Å²) in [4.78, 5) is 13.4. The van der Waals surface area contributed by atoms with E-state index in [1.165, 1.54) is 4.90 Å². The number of carbonyl (C=O) groups excluding carboxylic acids is 1. The number of aromatic nitrogens is 1. The molecule has 5 heteroatoms. The standard InChI is InChI=1S/C15H11ClN2O2/c1-2-10-7-14(19)18(9-10)15-8-13(17-20-15)11-5-3-4-6-12(11)16/h1,3-6,8,10H,7,9H2. The molecule has 0 aliphatic carbocycles. The fourth-order valence-electron chi connectivity index (χ4n) is 2.22. The molecule has 1 saturated heterocycles. The molecule has 3 rings (SSSR count). The Balaban J connectivity index is 1.90. The molecule has 1 aromatic heterocycles. The van der Waals surface area contributed by atoms with Crippen molar-refractivity contribution in [3.05, 3.63) is 35.4 Å². The van der Waals surface area contributed by atoms with Crippen LogP contribution in [0.2, 0.25) is 5.02 Å². The summed E-state index contributed by atoms with van der Waals surface area (Å²) >= 11 is 6.11. The van der Waals surface area contributed by atoms with Crippen LogP contribution < -0.4 is 4.90 Å². The van der Waals surface area contributed by atoms with Crippen molar-refractivity contribution >= 4 is 23.4 Å². The largest absolute Gasteiger partial charge is 0.338 e. The van der Waals surface area contributed by atoms with E-state index in [9.17, 15) is 4.79 Å². The predicted molar refractivity (Wildman–Crippen MR) is 76.2 cm³/mol. The van der Waals surface area contributed by atoms with Gasteiger partial charge in [0.05, 0.1) is 5.02 Å². The van der Waals surface area contributed by atoms with Gasteiger partial charge in [0.1, 0.15) is 5.69 Å². The Morgan fingerprint density at radius 2 is 2.25 bits per heavy atom. The van der Waals surface area contributed by atoms with Gasteiger partial charge in [-0.05, 0) is 6.07 Å². The lowest BCUT2D eigenvalue weighted by Gasteiger charge is -2.09. The molecule has 0 N–H and O–H groups in total. The Bertz CT molecular complexity index is 702. The van der Waals surface area contributed by atoms with Gasteiger partial charge in [0.25, 0.3) is 0 Å². The maximum Gasteiger partial charge on any atom is 0.234 e. The van der Waals surface area contributed by atoms with Crippen LogP contribution in [0.25, 0.3) is 11.3 Å². The van der Waals surface area contributed by atoms with Gasteiger partial charge >= 0.3 is 0 Å². The van der Waals surface area contributed by atoms with Crippen LogP contribution in [0.5, 0.6) is 0 Å². The summed E-state index contributed by atoms with van der Waals surface area (Å²) in [6.45, 7) is 0.465. The molecule has 2 aromatic rings. The first-order chi connectivity index (χ1) is 9.69. The van der Waals surface area contributed by atoms with Crippen LogP contribution in [0.4, 0.5) is 5.88 Å². The molecule has 1 amide bonds. The van der Waals surface area contributed by atoms with E-state index in [1.54, 1.807) is 12.1 Å². The summed E-state index contributed by atoms with van der Waals surface area (Å²) in [5.74, 6) is 2.88. The molecule has 1 fully saturated rings. The van der Waals surface area contributed by atoms with E-state index >= 15 is 0 Å². The summed E-state index contributed by atoms with van der Waals surface area (Å²) in [7, 11) is 0. The first-order valence-corrected chi connectivity index (χ1v) is 6.55. The summed E-state index contributed by atoms with van der Waals surface area (Å²) in [6, 6.07) is 9.04. The number of hydrogen-bond acceptors (Lipinski definition) is 3. The van der Waals surface area contributed by atoms with Crippen LogP contribution >= 0.6 is 11.6 Å². The molecule has 1 aliphatic heterocycles. The average molecular weight is 287 g/mol. The van der Waals surface area contributed by atoms with Crippen molar-refractivity contribution in [3.63, 3.8) is 0 Å². The van der Waals surface area contributed by atoms with Gasteiger partial charge in [0, 0.05) is 30.5 Å². The summed E-state index contributed by atoms with van der Waals surface area (Å²) < 4.78 is 5.25. The molecular formula is C15H11ClN2O2. The van der Waals surface area contributed by atoms with Crippen molar-refractivity contribution in [2.45, 2.75) is 6.42 Å². The fourth-order valence-corrected chi connectivity index (χ4v) is 2.45. The molecule has 0 spiro atoms. The number of carbonyl (C=O) groups is 1. The first-order valence-electron chi connectivity index (χ1n) is 6.17. The zero-order valence-corrected chi connectivity index (χ0v) is 11.3. The summed E-state index contributed by atoms with van der Waals surface area (Å²) in [6.07, 6.45) is 5.71. The molecule has 1 unspecified atom stereocenters. The second-order valence-electron chi connectivity index (χ2n) is 4.60. The van der Waals surface area contributed by atoms with Crippen LogP contribution in [0.3, 0.4) is 0 Å². The van der Waals surface area contributed by atoms with Gasteiger partial charge in [-0.3, -0.25) is 9.69 Å². The first kappa shape index (κ1) is 12.8. The van der Waals surface area contributed by atoms with E-state index in [1.807, 2.05) is 18.2 Å². The van der Waals surface area contributed by atoms with E-state index in [4.69, 9.17) is 22.5 Å². The van der Waals surface area contributed by atoms with Gasteiger partial charge in [-0.1, -0.05) is 35.0 Å². The number of terminal acetylenes is 1. The lowest BCUT2D eigenvalue weighted by molar-refractivity contribution is -0.117. The van der Waals surface area contributed by atoms with Crippen molar-refractivity contribution in [2.24, 2.45) is 5.92 Å². The maximum atomic E-state index is 11.9. The number of hydrogen-bond donors (Lipinski definition) is 0. The zero-order chi connectivity index (χ0) is 14.1. The fraction of sp³-hybridized carbons (Fsp3) is 0.200. The van der Waals surface area contributed by atoms with Crippen molar-refractivity contribution in [1.82, 2.24) is 5.16 Å². The quantitative estimate of drug-likeness (QED) is 0.797. The van der Waals surface area contributed by atoms with Crippen LogP contribution in [0, 0.1) is 18.3 Å². The van der Waals surface area contributed by atoms with Gasteiger partial charge in [-0.2, -0.15) is 0 Å². The van der Waals surface area contributed by atoms with E-state index in [2.05, 4.69) is 11.1 Å². The third-order valence-corrected chi connectivity index (χ3v) is 3.60. The Hall–Kier alpha value is -2.25. The zero-order valence-electron chi connectivity index (χ0n) is 10.5. The van der Waals surface area contributed by atoms with Gasteiger partial charge in [0.2, 0.25) is 11.8 Å². The normalized spacial score (nSPS) is 18.3. The minimum Gasteiger partial charge on any atom is -0.338 e. The van der Waals surface area contributed by atoms with Crippen LogP contribution in [0.15, 0.2) is 34.9 Å².